The van der Waals surface area contributed by atoms with Gasteiger partial charge in [0.05, 0.1) is 28.2 Å². The molecule has 2 N–H and O–H groups in total. The van der Waals surface area contributed by atoms with E-state index >= 15 is 0 Å². The average molecular weight is 358 g/mol. The van der Waals surface area contributed by atoms with Crippen molar-refractivity contribution in [2.24, 2.45) is 5.92 Å². The monoisotopic (exact) mass is 358 g/mol. The predicted octanol–water partition coefficient (Wildman–Crippen LogP) is 4.14. The standard InChI is InChI=1S/C22H22N4O/c1-15(2)11-12-24-22(27)18(13-16-7-9-17(14-23)10-8-16)21-25-19-5-3-4-6-20(19)26-21/h3-10,13,15H,11-12H2,1-2H3,(H,24,27)(H,25,26). The molecule has 3 aromatic rings. The van der Waals surface area contributed by atoms with Crippen LogP contribution in [-0.4, -0.2) is 22.4 Å². The van der Waals surface area contributed by atoms with Gasteiger partial charge in [-0.25, -0.2) is 4.98 Å². The van der Waals surface area contributed by atoms with Gasteiger partial charge in [-0.1, -0.05) is 38.1 Å². The zero-order valence-electron chi connectivity index (χ0n) is 15.5. The van der Waals surface area contributed by atoms with Crippen LogP contribution in [0.4, 0.5) is 0 Å². The number of fused-ring (bicyclic) bond motifs is 1. The number of nitriles is 1. The Hall–Kier alpha value is -3.39. The molecule has 0 aliphatic heterocycles. The second kappa shape index (κ2) is 8.33. The Morgan fingerprint density at radius 1 is 1.22 bits per heavy atom. The molecule has 1 amide bonds. The number of hydrogen-bond acceptors (Lipinski definition) is 3. The van der Waals surface area contributed by atoms with Crippen molar-refractivity contribution in [3.05, 3.63) is 65.5 Å². The molecule has 1 aromatic heterocycles. The third-order valence-corrected chi connectivity index (χ3v) is 4.25. The largest absolute Gasteiger partial charge is 0.352 e. The Morgan fingerprint density at radius 3 is 2.63 bits per heavy atom. The number of para-hydroxylation sites is 2. The van der Waals surface area contributed by atoms with E-state index < -0.39 is 0 Å². The van der Waals surface area contributed by atoms with Gasteiger partial charge in [0.1, 0.15) is 5.82 Å². The summed E-state index contributed by atoms with van der Waals surface area (Å²) in [5.74, 6) is 0.879. The normalized spacial score (nSPS) is 11.6. The van der Waals surface area contributed by atoms with Crippen molar-refractivity contribution in [1.82, 2.24) is 15.3 Å². The summed E-state index contributed by atoms with van der Waals surface area (Å²) >= 11 is 0. The van der Waals surface area contributed by atoms with E-state index in [0.29, 0.717) is 29.4 Å². The summed E-state index contributed by atoms with van der Waals surface area (Å²) in [4.78, 5) is 20.6. The molecule has 2 aromatic carbocycles. The molecular formula is C22H22N4O. The van der Waals surface area contributed by atoms with Crippen molar-refractivity contribution in [3.8, 4) is 6.07 Å². The number of hydrogen-bond donors (Lipinski definition) is 2. The van der Waals surface area contributed by atoms with E-state index in [2.05, 4.69) is 35.2 Å². The topological polar surface area (TPSA) is 81.6 Å². The van der Waals surface area contributed by atoms with E-state index in [4.69, 9.17) is 5.26 Å². The Kier molecular flexibility index (Phi) is 5.68. The summed E-state index contributed by atoms with van der Waals surface area (Å²) in [6.45, 7) is 4.86. The highest BCUT2D eigenvalue weighted by Crippen LogP contribution is 2.20. The number of rotatable bonds is 6. The van der Waals surface area contributed by atoms with Crippen LogP contribution in [-0.2, 0) is 4.79 Å². The molecule has 5 heteroatoms. The number of benzene rings is 2. The molecule has 0 atom stereocenters. The molecule has 27 heavy (non-hydrogen) atoms. The molecule has 136 valence electrons. The third kappa shape index (κ3) is 4.62. The van der Waals surface area contributed by atoms with Crippen molar-refractivity contribution in [3.63, 3.8) is 0 Å². The van der Waals surface area contributed by atoms with E-state index in [9.17, 15) is 4.79 Å². The number of carbonyl (C=O) groups is 1. The van der Waals surface area contributed by atoms with Crippen LogP contribution < -0.4 is 5.32 Å². The highest BCUT2D eigenvalue weighted by Gasteiger charge is 2.16. The highest BCUT2D eigenvalue weighted by atomic mass is 16.1. The molecule has 3 rings (SSSR count). The van der Waals surface area contributed by atoms with Gasteiger partial charge in [-0.2, -0.15) is 5.26 Å². The van der Waals surface area contributed by atoms with Crippen molar-refractivity contribution < 1.29 is 4.79 Å². The molecule has 0 aliphatic rings. The maximum absolute atomic E-state index is 12.8. The van der Waals surface area contributed by atoms with Crippen LogP contribution in [0.5, 0.6) is 0 Å². The van der Waals surface area contributed by atoms with Gasteiger partial charge in [0.15, 0.2) is 0 Å². The summed E-state index contributed by atoms with van der Waals surface area (Å²) in [6, 6.07) is 16.9. The number of aromatic nitrogens is 2. The number of nitrogens with zero attached hydrogens (tertiary/aromatic N) is 2. The second-order valence-electron chi connectivity index (χ2n) is 6.83. The highest BCUT2D eigenvalue weighted by molar-refractivity contribution is 6.23. The summed E-state index contributed by atoms with van der Waals surface area (Å²) in [5, 5.41) is 11.9. The Bertz CT molecular complexity index is 974. The zero-order valence-corrected chi connectivity index (χ0v) is 15.5. The molecule has 0 spiro atoms. The van der Waals surface area contributed by atoms with Crippen LogP contribution in [0.3, 0.4) is 0 Å². The van der Waals surface area contributed by atoms with Crippen LogP contribution in [0.25, 0.3) is 22.7 Å². The lowest BCUT2D eigenvalue weighted by Crippen LogP contribution is -2.26. The van der Waals surface area contributed by atoms with Crippen molar-refractivity contribution in [1.29, 1.82) is 5.26 Å². The van der Waals surface area contributed by atoms with Crippen molar-refractivity contribution in [2.45, 2.75) is 20.3 Å². The molecular weight excluding hydrogens is 336 g/mol. The molecule has 1 heterocycles. The van der Waals surface area contributed by atoms with Gasteiger partial charge in [0, 0.05) is 6.54 Å². The first-order chi connectivity index (χ1) is 13.1. The zero-order chi connectivity index (χ0) is 19.2. The minimum Gasteiger partial charge on any atom is -0.352 e. The first-order valence-electron chi connectivity index (χ1n) is 9.02. The summed E-state index contributed by atoms with van der Waals surface area (Å²) in [6.07, 6.45) is 2.71. The van der Waals surface area contributed by atoms with Gasteiger partial charge in [0.2, 0.25) is 0 Å². The minimum atomic E-state index is -0.168. The lowest BCUT2D eigenvalue weighted by molar-refractivity contribution is -0.115. The predicted molar refractivity (Wildman–Crippen MR) is 108 cm³/mol. The van der Waals surface area contributed by atoms with Crippen molar-refractivity contribution in [2.75, 3.05) is 6.54 Å². The summed E-state index contributed by atoms with van der Waals surface area (Å²) < 4.78 is 0. The first kappa shape index (κ1) is 18.4. The van der Waals surface area contributed by atoms with E-state index in [1.165, 1.54) is 0 Å². The van der Waals surface area contributed by atoms with E-state index in [1.807, 2.05) is 36.4 Å². The van der Waals surface area contributed by atoms with Crippen LogP contribution >= 0.6 is 0 Å². The van der Waals surface area contributed by atoms with Crippen molar-refractivity contribution >= 4 is 28.6 Å². The molecule has 0 saturated heterocycles. The maximum Gasteiger partial charge on any atom is 0.255 e. The van der Waals surface area contributed by atoms with Gasteiger partial charge >= 0.3 is 0 Å². The van der Waals surface area contributed by atoms with E-state index in [0.717, 1.165) is 23.0 Å². The molecule has 0 fully saturated rings. The number of nitrogens with one attached hydrogen (secondary N) is 2. The summed E-state index contributed by atoms with van der Waals surface area (Å²) in [7, 11) is 0. The molecule has 0 radical (unpaired) electrons. The lowest BCUT2D eigenvalue weighted by Gasteiger charge is -2.09. The number of imidazole rings is 1. The second-order valence-corrected chi connectivity index (χ2v) is 6.83. The average Bonchev–Trinajstić information content (AvgIpc) is 3.10. The van der Waals surface area contributed by atoms with E-state index in [1.54, 1.807) is 18.2 Å². The first-order valence-corrected chi connectivity index (χ1v) is 9.02. The Balaban J connectivity index is 1.95. The van der Waals surface area contributed by atoms with Crippen LogP contribution in [0.1, 0.15) is 37.2 Å². The van der Waals surface area contributed by atoms with E-state index in [-0.39, 0.29) is 5.91 Å². The molecule has 0 unspecified atom stereocenters. The van der Waals surface area contributed by atoms with Gasteiger partial charge < -0.3 is 10.3 Å². The quantitative estimate of drug-likeness (QED) is 0.650. The number of carbonyl (C=O) groups excluding carboxylic acids is 1. The minimum absolute atomic E-state index is 0.168. The lowest BCUT2D eigenvalue weighted by atomic mass is 10.1. The molecule has 0 saturated carbocycles. The third-order valence-electron chi connectivity index (χ3n) is 4.25. The van der Waals surface area contributed by atoms with Crippen LogP contribution in [0, 0.1) is 17.2 Å². The fraction of sp³-hybridized carbons (Fsp3) is 0.227. The van der Waals surface area contributed by atoms with Gasteiger partial charge in [-0.15, -0.1) is 0 Å². The van der Waals surface area contributed by atoms with Gasteiger partial charge in [-0.05, 0) is 48.2 Å². The molecule has 0 bridgehead atoms. The SMILES string of the molecule is CC(C)CCNC(=O)C(=Cc1ccc(C#N)cc1)c1nc2ccccc2[nH]1. The molecule has 5 nitrogen and oxygen atoms in total. The maximum atomic E-state index is 12.8. The van der Waals surface area contributed by atoms with Crippen LogP contribution in [0.15, 0.2) is 48.5 Å². The fourth-order valence-corrected chi connectivity index (χ4v) is 2.71. The smallest absolute Gasteiger partial charge is 0.255 e. The fourth-order valence-electron chi connectivity index (χ4n) is 2.71. The molecule has 0 aliphatic carbocycles. The Labute approximate surface area is 158 Å². The van der Waals surface area contributed by atoms with Gasteiger partial charge in [0.25, 0.3) is 5.91 Å². The Morgan fingerprint density at radius 2 is 1.96 bits per heavy atom. The number of aromatic amines is 1. The summed E-state index contributed by atoms with van der Waals surface area (Å²) in [5.41, 5.74) is 3.59. The number of amides is 1. The van der Waals surface area contributed by atoms with Crippen LogP contribution in [0.2, 0.25) is 0 Å². The number of H-pyrrole nitrogens is 1. The van der Waals surface area contributed by atoms with Gasteiger partial charge in [-0.3, -0.25) is 4.79 Å².